The molecule has 1 aromatic rings. The summed E-state index contributed by atoms with van der Waals surface area (Å²) in [6.07, 6.45) is 4.60. The molecule has 15 heavy (non-hydrogen) atoms. The van der Waals surface area contributed by atoms with Crippen LogP contribution in [0.4, 0.5) is 0 Å². The molecule has 0 unspecified atom stereocenters. The number of rotatable bonds is 6. The van der Waals surface area contributed by atoms with Crippen LogP contribution in [0.3, 0.4) is 0 Å². The lowest BCUT2D eigenvalue weighted by atomic mass is 10.2. The van der Waals surface area contributed by atoms with Crippen molar-refractivity contribution in [2.75, 3.05) is 13.1 Å². The van der Waals surface area contributed by atoms with Crippen molar-refractivity contribution in [1.82, 2.24) is 5.32 Å². The Kier molecular flexibility index (Phi) is 5.66. The van der Waals surface area contributed by atoms with E-state index in [-0.39, 0.29) is 0 Å². The van der Waals surface area contributed by atoms with Crippen LogP contribution in [-0.2, 0) is 6.42 Å². The summed E-state index contributed by atoms with van der Waals surface area (Å²) in [5.74, 6) is 0. The summed E-state index contributed by atoms with van der Waals surface area (Å²) in [4.78, 5) is 2.86. The van der Waals surface area contributed by atoms with Crippen molar-refractivity contribution >= 4 is 17.4 Å². The maximum Gasteiger partial charge on any atom is 0.0273 e. The predicted molar refractivity (Wildman–Crippen MR) is 70.5 cm³/mol. The third kappa shape index (κ3) is 4.18. The van der Waals surface area contributed by atoms with Gasteiger partial charge >= 0.3 is 0 Å². The predicted octanol–water partition coefficient (Wildman–Crippen LogP) is 3.71. The third-order valence-electron chi connectivity index (χ3n) is 2.43. The number of aryl methyl sites for hydroxylation is 1. The summed E-state index contributed by atoms with van der Waals surface area (Å²) in [5.41, 5.74) is 1.49. The lowest BCUT2D eigenvalue weighted by Crippen LogP contribution is -2.15. The number of hydrogen-bond acceptors (Lipinski definition) is 2. The molecular weight excluding hydrogens is 202 g/mol. The Morgan fingerprint density at radius 3 is 2.67 bits per heavy atom. The van der Waals surface area contributed by atoms with Gasteiger partial charge in [0.25, 0.3) is 0 Å². The van der Waals surface area contributed by atoms with Gasteiger partial charge in [0.05, 0.1) is 0 Å². The molecule has 0 aliphatic heterocycles. The fourth-order valence-corrected chi connectivity index (χ4v) is 2.37. The van der Waals surface area contributed by atoms with Crippen LogP contribution in [0, 0.1) is 0 Å². The van der Waals surface area contributed by atoms with Gasteiger partial charge in [-0.25, -0.2) is 0 Å². The van der Waals surface area contributed by atoms with Gasteiger partial charge in [-0.15, -0.1) is 11.3 Å². The van der Waals surface area contributed by atoms with Gasteiger partial charge < -0.3 is 5.32 Å². The zero-order valence-electron chi connectivity index (χ0n) is 9.97. The normalized spacial score (nSPS) is 12.1. The minimum atomic E-state index is 1.02. The van der Waals surface area contributed by atoms with Crippen molar-refractivity contribution in [3.63, 3.8) is 0 Å². The van der Waals surface area contributed by atoms with Crippen LogP contribution >= 0.6 is 11.3 Å². The van der Waals surface area contributed by atoms with Crippen LogP contribution in [0.15, 0.2) is 17.7 Å². The summed E-state index contributed by atoms with van der Waals surface area (Å²) in [5, 5.41) is 3.38. The molecule has 0 spiro atoms. The molecule has 0 radical (unpaired) electrons. The Bertz CT molecular complexity index is 312. The summed E-state index contributed by atoms with van der Waals surface area (Å²) in [6, 6.07) is 4.46. The second-order valence-electron chi connectivity index (χ2n) is 3.59. The molecule has 0 bridgehead atoms. The molecule has 0 saturated heterocycles. The Hall–Kier alpha value is -0.600. The molecule has 0 aliphatic rings. The van der Waals surface area contributed by atoms with E-state index in [2.05, 4.69) is 44.3 Å². The van der Waals surface area contributed by atoms with Crippen LogP contribution in [0.2, 0.25) is 0 Å². The van der Waals surface area contributed by atoms with E-state index in [0.717, 1.165) is 25.9 Å². The Morgan fingerprint density at radius 1 is 1.33 bits per heavy atom. The van der Waals surface area contributed by atoms with E-state index >= 15 is 0 Å². The smallest absolute Gasteiger partial charge is 0.0273 e. The average Bonchev–Trinajstić information content (AvgIpc) is 2.71. The second kappa shape index (κ2) is 6.81. The van der Waals surface area contributed by atoms with Crippen LogP contribution in [0.1, 0.15) is 36.9 Å². The van der Waals surface area contributed by atoms with Crippen molar-refractivity contribution in [3.8, 4) is 0 Å². The fraction of sp³-hybridized carbons (Fsp3) is 0.538. The molecule has 84 valence electrons. The second-order valence-corrected chi connectivity index (χ2v) is 4.79. The maximum atomic E-state index is 3.38. The molecule has 0 fully saturated rings. The van der Waals surface area contributed by atoms with Crippen molar-refractivity contribution in [2.45, 2.75) is 33.6 Å². The van der Waals surface area contributed by atoms with Gasteiger partial charge in [0.1, 0.15) is 0 Å². The first kappa shape index (κ1) is 12.5. The largest absolute Gasteiger partial charge is 0.313 e. The van der Waals surface area contributed by atoms with Gasteiger partial charge in [-0.2, -0.15) is 0 Å². The highest BCUT2D eigenvalue weighted by Crippen LogP contribution is 2.20. The summed E-state index contributed by atoms with van der Waals surface area (Å²) >= 11 is 1.91. The number of likely N-dealkylation sites (N-methyl/N-ethyl adjacent to an activating group) is 1. The molecule has 0 aromatic carbocycles. The quantitative estimate of drug-likeness (QED) is 0.775. The molecule has 0 saturated carbocycles. The van der Waals surface area contributed by atoms with Crippen LogP contribution < -0.4 is 5.32 Å². The van der Waals surface area contributed by atoms with Crippen molar-refractivity contribution in [2.24, 2.45) is 0 Å². The fourth-order valence-electron chi connectivity index (χ4n) is 1.43. The third-order valence-corrected chi connectivity index (χ3v) is 3.61. The standard InChI is InChI=1S/C13H21NS/c1-4-11(10-14-6-3)9-13-8-7-12(5-2)15-13/h7-9,14H,4-6,10H2,1-3H3. The molecule has 0 amide bonds. The Morgan fingerprint density at radius 2 is 2.13 bits per heavy atom. The SMILES string of the molecule is CCNCC(=Cc1ccc(CC)s1)CC. The van der Waals surface area contributed by atoms with E-state index in [4.69, 9.17) is 0 Å². The molecule has 1 heterocycles. The van der Waals surface area contributed by atoms with E-state index in [0.29, 0.717) is 0 Å². The van der Waals surface area contributed by atoms with Crippen molar-refractivity contribution in [1.29, 1.82) is 0 Å². The highest BCUT2D eigenvalue weighted by molar-refractivity contribution is 7.12. The van der Waals surface area contributed by atoms with Crippen molar-refractivity contribution in [3.05, 3.63) is 27.5 Å². The maximum absolute atomic E-state index is 3.38. The number of thiophene rings is 1. The van der Waals surface area contributed by atoms with Gasteiger partial charge in [-0.3, -0.25) is 0 Å². The van der Waals surface area contributed by atoms with Crippen LogP contribution in [0.5, 0.6) is 0 Å². The molecular formula is C13H21NS. The molecule has 1 rings (SSSR count). The first-order chi connectivity index (χ1) is 7.30. The van der Waals surface area contributed by atoms with Gasteiger partial charge in [-0.1, -0.05) is 26.3 Å². The number of hydrogen-bond donors (Lipinski definition) is 1. The highest BCUT2D eigenvalue weighted by Gasteiger charge is 1.98. The minimum Gasteiger partial charge on any atom is -0.313 e. The lowest BCUT2D eigenvalue weighted by Gasteiger charge is -2.04. The summed E-state index contributed by atoms with van der Waals surface area (Å²) < 4.78 is 0. The van der Waals surface area contributed by atoms with Crippen LogP contribution in [0.25, 0.3) is 6.08 Å². The lowest BCUT2D eigenvalue weighted by molar-refractivity contribution is 0.762. The molecule has 1 N–H and O–H groups in total. The highest BCUT2D eigenvalue weighted by atomic mass is 32.1. The average molecular weight is 223 g/mol. The Balaban J connectivity index is 2.65. The molecule has 1 nitrogen and oxygen atoms in total. The van der Waals surface area contributed by atoms with E-state index < -0.39 is 0 Å². The first-order valence-electron chi connectivity index (χ1n) is 5.79. The van der Waals surface area contributed by atoms with Gasteiger partial charge in [0.2, 0.25) is 0 Å². The first-order valence-corrected chi connectivity index (χ1v) is 6.60. The summed E-state index contributed by atoms with van der Waals surface area (Å²) in [7, 11) is 0. The van der Waals surface area contributed by atoms with Gasteiger partial charge in [0, 0.05) is 16.3 Å². The molecule has 2 heteroatoms. The molecule has 0 atom stereocenters. The zero-order valence-corrected chi connectivity index (χ0v) is 10.8. The Labute approximate surface area is 97.2 Å². The van der Waals surface area contributed by atoms with Crippen LogP contribution in [-0.4, -0.2) is 13.1 Å². The number of nitrogens with one attached hydrogen (secondary N) is 1. The van der Waals surface area contributed by atoms with Crippen molar-refractivity contribution < 1.29 is 0 Å². The van der Waals surface area contributed by atoms with E-state index in [9.17, 15) is 0 Å². The topological polar surface area (TPSA) is 12.0 Å². The molecule has 0 aliphatic carbocycles. The minimum absolute atomic E-state index is 1.02. The van der Waals surface area contributed by atoms with E-state index in [1.807, 2.05) is 11.3 Å². The monoisotopic (exact) mass is 223 g/mol. The molecule has 1 aromatic heterocycles. The van der Waals surface area contributed by atoms with E-state index in [1.54, 1.807) is 0 Å². The van der Waals surface area contributed by atoms with Gasteiger partial charge in [0.15, 0.2) is 0 Å². The van der Waals surface area contributed by atoms with E-state index in [1.165, 1.54) is 15.3 Å². The zero-order chi connectivity index (χ0) is 11.1. The summed E-state index contributed by atoms with van der Waals surface area (Å²) in [6.45, 7) is 8.64. The van der Waals surface area contributed by atoms with Gasteiger partial charge in [-0.05, 0) is 37.6 Å².